The van der Waals surface area contributed by atoms with Crippen molar-refractivity contribution in [3.63, 3.8) is 0 Å². The van der Waals surface area contributed by atoms with E-state index >= 15 is 0 Å². The second kappa shape index (κ2) is 7.29. The topological polar surface area (TPSA) is 49.8 Å². The molecule has 0 bridgehead atoms. The molecule has 1 unspecified atom stereocenters. The Bertz CT molecular complexity index is 419. The molecule has 0 aromatic heterocycles. The molecule has 1 amide bonds. The summed E-state index contributed by atoms with van der Waals surface area (Å²) in [5.74, 6) is 0. The van der Waals surface area contributed by atoms with E-state index in [9.17, 15) is 9.90 Å². The molecule has 0 spiro atoms. The molecule has 1 fully saturated rings. The summed E-state index contributed by atoms with van der Waals surface area (Å²) in [5, 5.41) is 9.53. The van der Waals surface area contributed by atoms with E-state index in [0.29, 0.717) is 13.0 Å². The van der Waals surface area contributed by atoms with Crippen molar-refractivity contribution in [3.05, 3.63) is 35.9 Å². The van der Waals surface area contributed by atoms with Crippen LogP contribution in [0.15, 0.2) is 30.3 Å². The molecule has 1 aliphatic heterocycles. The Morgan fingerprint density at radius 3 is 2.85 bits per heavy atom. The minimum atomic E-state index is -0.387. The number of nitrogens with zero attached hydrogens (tertiary/aromatic N) is 1. The number of likely N-dealkylation sites (tertiary alicyclic amines) is 1. The monoisotopic (exact) mass is 277 g/mol. The zero-order valence-corrected chi connectivity index (χ0v) is 12.0. The fourth-order valence-electron chi connectivity index (χ4n) is 2.68. The van der Waals surface area contributed by atoms with Crippen molar-refractivity contribution in [1.29, 1.82) is 0 Å². The van der Waals surface area contributed by atoms with E-state index in [4.69, 9.17) is 4.74 Å². The summed E-state index contributed by atoms with van der Waals surface area (Å²) in [6.45, 7) is 2.80. The van der Waals surface area contributed by atoms with Crippen molar-refractivity contribution >= 4 is 6.09 Å². The van der Waals surface area contributed by atoms with Crippen LogP contribution >= 0.6 is 0 Å². The van der Waals surface area contributed by atoms with Gasteiger partial charge >= 0.3 is 6.09 Å². The maximum atomic E-state index is 12.2. The summed E-state index contributed by atoms with van der Waals surface area (Å²) in [7, 11) is 0. The van der Waals surface area contributed by atoms with Gasteiger partial charge in [-0.2, -0.15) is 0 Å². The molecule has 4 heteroatoms. The van der Waals surface area contributed by atoms with Crippen molar-refractivity contribution in [2.45, 2.75) is 51.4 Å². The van der Waals surface area contributed by atoms with Crippen LogP contribution < -0.4 is 0 Å². The summed E-state index contributed by atoms with van der Waals surface area (Å²) in [4.78, 5) is 14.0. The molecule has 4 nitrogen and oxygen atoms in total. The van der Waals surface area contributed by atoms with Crippen LogP contribution in [0.3, 0.4) is 0 Å². The Balaban J connectivity index is 1.89. The summed E-state index contributed by atoms with van der Waals surface area (Å²) < 4.78 is 5.38. The molecular weight excluding hydrogens is 254 g/mol. The fourth-order valence-corrected chi connectivity index (χ4v) is 2.68. The van der Waals surface area contributed by atoms with Gasteiger partial charge in [0.05, 0.1) is 6.10 Å². The van der Waals surface area contributed by atoms with Gasteiger partial charge in [0.15, 0.2) is 0 Å². The number of aliphatic hydroxyl groups is 1. The molecular formula is C16H23NO3. The lowest BCUT2D eigenvalue weighted by molar-refractivity contribution is 0.0515. The number of carbonyl (C=O) groups excluding carboxylic acids is 1. The first-order valence-corrected chi connectivity index (χ1v) is 7.32. The molecule has 1 heterocycles. The maximum absolute atomic E-state index is 12.2. The van der Waals surface area contributed by atoms with E-state index in [-0.39, 0.29) is 18.2 Å². The zero-order chi connectivity index (χ0) is 14.4. The Labute approximate surface area is 120 Å². The van der Waals surface area contributed by atoms with Gasteiger partial charge in [-0.15, -0.1) is 0 Å². The van der Waals surface area contributed by atoms with Gasteiger partial charge in [-0.25, -0.2) is 4.79 Å². The van der Waals surface area contributed by atoms with Crippen molar-refractivity contribution in [2.75, 3.05) is 6.54 Å². The van der Waals surface area contributed by atoms with Gasteiger partial charge in [0.2, 0.25) is 0 Å². The molecule has 1 aliphatic rings. The Kier molecular flexibility index (Phi) is 5.41. The van der Waals surface area contributed by atoms with Gasteiger partial charge in [0, 0.05) is 12.6 Å². The molecule has 2 atom stereocenters. The van der Waals surface area contributed by atoms with Crippen LogP contribution in [0.25, 0.3) is 0 Å². The highest BCUT2D eigenvalue weighted by Gasteiger charge is 2.28. The van der Waals surface area contributed by atoms with Gasteiger partial charge < -0.3 is 14.7 Å². The van der Waals surface area contributed by atoms with E-state index in [0.717, 1.165) is 31.4 Å². The van der Waals surface area contributed by atoms with E-state index in [1.807, 2.05) is 30.3 Å². The van der Waals surface area contributed by atoms with E-state index in [1.54, 1.807) is 11.8 Å². The quantitative estimate of drug-likeness (QED) is 0.920. The standard InChI is InChI=1S/C16H23NO3/c1-13(18)11-15-9-5-6-10-17(15)16(19)20-12-14-7-3-2-4-8-14/h2-4,7-8,13,15,18H,5-6,9-12H2,1H3/t13?,15-/m1/s1. The third kappa shape index (κ3) is 4.23. The average Bonchev–Trinajstić information content (AvgIpc) is 2.46. The minimum Gasteiger partial charge on any atom is -0.445 e. The average molecular weight is 277 g/mol. The minimum absolute atomic E-state index is 0.104. The van der Waals surface area contributed by atoms with E-state index in [2.05, 4.69) is 0 Å². The summed E-state index contributed by atoms with van der Waals surface area (Å²) in [6.07, 6.45) is 3.05. The highest BCUT2D eigenvalue weighted by molar-refractivity contribution is 5.68. The first kappa shape index (κ1) is 14.9. The Morgan fingerprint density at radius 2 is 2.15 bits per heavy atom. The number of rotatable bonds is 4. The summed E-state index contributed by atoms with van der Waals surface area (Å²) >= 11 is 0. The number of piperidine rings is 1. The van der Waals surface area contributed by atoms with E-state index in [1.165, 1.54) is 0 Å². The van der Waals surface area contributed by atoms with Crippen molar-refractivity contribution in [2.24, 2.45) is 0 Å². The van der Waals surface area contributed by atoms with Crippen LogP contribution in [-0.2, 0) is 11.3 Å². The predicted octanol–water partition coefficient (Wildman–Crippen LogP) is 2.95. The van der Waals surface area contributed by atoms with Crippen LogP contribution in [-0.4, -0.2) is 34.8 Å². The molecule has 0 saturated carbocycles. The SMILES string of the molecule is CC(O)C[C@H]1CCCCN1C(=O)OCc1ccccc1. The third-order valence-corrected chi connectivity index (χ3v) is 3.68. The largest absolute Gasteiger partial charge is 0.445 e. The maximum Gasteiger partial charge on any atom is 0.410 e. The number of aliphatic hydroxyl groups excluding tert-OH is 1. The molecule has 1 aromatic carbocycles. The molecule has 110 valence electrons. The van der Waals surface area contributed by atoms with Gasteiger partial charge in [-0.1, -0.05) is 30.3 Å². The smallest absolute Gasteiger partial charge is 0.410 e. The molecule has 1 aromatic rings. The predicted molar refractivity (Wildman–Crippen MR) is 77.3 cm³/mol. The number of benzene rings is 1. The lowest BCUT2D eigenvalue weighted by Gasteiger charge is -2.35. The molecule has 1 saturated heterocycles. The zero-order valence-electron chi connectivity index (χ0n) is 12.0. The van der Waals surface area contributed by atoms with Gasteiger partial charge in [-0.05, 0) is 38.2 Å². The number of amides is 1. The number of ether oxygens (including phenoxy) is 1. The third-order valence-electron chi connectivity index (χ3n) is 3.68. The number of hydrogen-bond acceptors (Lipinski definition) is 3. The molecule has 20 heavy (non-hydrogen) atoms. The van der Waals surface area contributed by atoms with Crippen LogP contribution in [0.1, 0.15) is 38.2 Å². The summed E-state index contributed by atoms with van der Waals surface area (Å²) in [6, 6.07) is 9.79. The van der Waals surface area contributed by atoms with Crippen molar-refractivity contribution in [1.82, 2.24) is 4.90 Å². The normalized spacial score (nSPS) is 20.5. The Hall–Kier alpha value is -1.55. The lowest BCUT2D eigenvalue weighted by Crippen LogP contribution is -2.45. The van der Waals surface area contributed by atoms with E-state index < -0.39 is 0 Å². The molecule has 0 radical (unpaired) electrons. The second-order valence-corrected chi connectivity index (χ2v) is 5.47. The van der Waals surface area contributed by atoms with Crippen LogP contribution in [0, 0.1) is 0 Å². The first-order valence-electron chi connectivity index (χ1n) is 7.32. The molecule has 1 N–H and O–H groups in total. The lowest BCUT2D eigenvalue weighted by atomic mass is 9.98. The summed E-state index contributed by atoms with van der Waals surface area (Å²) in [5.41, 5.74) is 0.991. The number of hydrogen-bond donors (Lipinski definition) is 1. The van der Waals surface area contributed by atoms with Crippen LogP contribution in [0.4, 0.5) is 4.79 Å². The van der Waals surface area contributed by atoms with Gasteiger partial charge in [0.1, 0.15) is 6.61 Å². The van der Waals surface area contributed by atoms with Gasteiger partial charge in [-0.3, -0.25) is 0 Å². The van der Waals surface area contributed by atoms with Gasteiger partial charge in [0.25, 0.3) is 0 Å². The Morgan fingerprint density at radius 1 is 1.40 bits per heavy atom. The van der Waals surface area contributed by atoms with Crippen molar-refractivity contribution in [3.8, 4) is 0 Å². The van der Waals surface area contributed by atoms with Crippen LogP contribution in [0.2, 0.25) is 0 Å². The second-order valence-electron chi connectivity index (χ2n) is 5.47. The highest BCUT2D eigenvalue weighted by atomic mass is 16.6. The fraction of sp³-hybridized carbons (Fsp3) is 0.562. The van der Waals surface area contributed by atoms with Crippen LogP contribution in [0.5, 0.6) is 0 Å². The highest BCUT2D eigenvalue weighted by Crippen LogP contribution is 2.22. The molecule has 2 rings (SSSR count). The first-order chi connectivity index (χ1) is 9.66. The molecule has 0 aliphatic carbocycles. The van der Waals surface area contributed by atoms with Crippen molar-refractivity contribution < 1.29 is 14.6 Å². The number of carbonyl (C=O) groups is 1.